The minimum absolute atomic E-state index is 0.617. The molecule has 1 aliphatic heterocycles. The van der Waals surface area contributed by atoms with Crippen molar-refractivity contribution in [2.24, 2.45) is 0 Å². The Hall–Kier alpha value is -1.60. The van der Waals surface area contributed by atoms with Crippen LogP contribution >= 0.6 is 0 Å². The summed E-state index contributed by atoms with van der Waals surface area (Å²) < 4.78 is 0. The van der Waals surface area contributed by atoms with E-state index in [0.717, 1.165) is 25.4 Å². The molecule has 0 bridgehead atoms. The number of hydrogen-bond acceptors (Lipinski definition) is 1. The predicted molar refractivity (Wildman–Crippen MR) is 87.6 cm³/mol. The first-order valence-corrected chi connectivity index (χ1v) is 8.27. The third-order valence-electron chi connectivity index (χ3n) is 5.21. The molecule has 0 radical (unpaired) electrons. The fraction of sp³-hybridized carbons (Fsp3) is 0.400. The van der Waals surface area contributed by atoms with Crippen molar-refractivity contribution in [2.75, 3.05) is 6.54 Å². The Morgan fingerprint density at radius 2 is 1.90 bits per heavy atom. The number of rotatable bonds is 3. The molecule has 1 fully saturated rings. The summed E-state index contributed by atoms with van der Waals surface area (Å²) in [6.45, 7) is 2.12. The van der Waals surface area contributed by atoms with Crippen LogP contribution in [-0.4, -0.2) is 6.54 Å². The largest absolute Gasteiger partial charge is 0.312 e. The number of nitrogens with one attached hydrogen (secondary N) is 1. The second-order valence-electron chi connectivity index (χ2n) is 6.60. The molecule has 1 heterocycles. The quantitative estimate of drug-likeness (QED) is 0.877. The summed E-state index contributed by atoms with van der Waals surface area (Å²) in [6, 6.07) is 18.3. The minimum atomic E-state index is 0.617. The van der Waals surface area contributed by atoms with E-state index in [-0.39, 0.29) is 0 Å². The molecule has 2 aliphatic rings. The van der Waals surface area contributed by atoms with Crippen molar-refractivity contribution in [3.8, 4) is 0 Å². The molecule has 1 nitrogen and oxygen atoms in total. The van der Waals surface area contributed by atoms with Gasteiger partial charge >= 0.3 is 0 Å². The zero-order valence-electron chi connectivity index (χ0n) is 12.5. The molecule has 1 heteroatoms. The highest BCUT2D eigenvalue weighted by Crippen LogP contribution is 2.37. The van der Waals surface area contributed by atoms with Crippen molar-refractivity contribution in [1.82, 2.24) is 5.32 Å². The standard InChI is InChI=1S/C20H23N/c1-2-10-20-18(6-1)13-21-14-19(20)12-15-5-3-9-17(11-15)16-7-4-8-16/h1-3,5-6,9-11,16,19,21H,4,7-8,12-14H2. The van der Waals surface area contributed by atoms with Gasteiger partial charge in [0, 0.05) is 19.0 Å². The molecular weight excluding hydrogens is 254 g/mol. The van der Waals surface area contributed by atoms with E-state index in [4.69, 9.17) is 0 Å². The number of fused-ring (bicyclic) bond motifs is 1. The summed E-state index contributed by atoms with van der Waals surface area (Å²) in [5.74, 6) is 1.45. The van der Waals surface area contributed by atoms with Crippen LogP contribution in [0.3, 0.4) is 0 Å². The molecule has 2 aromatic rings. The summed E-state index contributed by atoms with van der Waals surface area (Å²) in [7, 11) is 0. The van der Waals surface area contributed by atoms with E-state index >= 15 is 0 Å². The predicted octanol–water partition coefficient (Wildman–Crippen LogP) is 4.38. The fourth-order valence-electron chi connectivity index (χ4n) is 3.77. The maximum Gasteiger partial charge on any atom is 0.0208 e. The lowest BCUT2D eigenvalue weighted by atomic mass is 9.79. The lowest BCUT2D eigenvalue weighted by molar-refractivity contribution is 0.419. The third-order valence-corrected chi connectivity index (χ3v) is 5.21. The van der Waals surface area contributed by atoms with Gasteiger partial charge in [-0.3, -0.25) is 0 Å². The average molecular weight is 277 g/mol. The summed E-state index contributed by atoms with van der Waals surface area (Å²) >= 11 is 0. The van der Waals surface area contributed by atoms with Gasteiger partial charge in [-0.1, -0.05) is 55.0 Å². The normalized spacial score (nSPS) is 21.6. The number of hydrogen-bond donors (Lipinski definition) is 1. The van der Waals surface area contributed by atoms with E-state index in [0.29, 0.717) is 5.92 Å². The Bertz CT molecular complexity index is 627. The Morgan fingerprint density at radius 1 is 1.00 bits per heavy atom. The lowest BCUT2D eigenvalue weighted by Crippen LogP contribution is -2.29. The van der Waals surface area contributed by atoms with Crippen LogP contribution in [0.5, 0.6) is 0 Å². The summed E-state index contributed by atoms with van der Waals surface area (Å²) in [4.78, 5) is 0. The van der Waals surface area contributed by atoms with E-state index in [1.165, 1.54) is 30.4 Å². The summed E-state index contributed by atoms with van der Waals surface area (Å²) in [5, 5.41) is 3.57. The van der Waals surface area contributed by atoms with Crippen molar-refractivity contribution in [2.45, 2.75) is 44.1 Å². The lowest BCUT2D eigenvalue weighted by Gasteiger charge is -2.28. The molecule has 4 rings (SSSR count). The van der Waals surface area contributed by atoms with Gasteiger partial charge in [-0.25, -0.2) is 0 Å². The molecule has 1 aliphatic carbocycles. The van der Waals surface area contributed by atoms with Gasteiger partial charge in [0.2, 0.25) is 0 Å². The Kier molecular flexibility index (Phi) is 3.52. The van der Waals surface area contributed by atoms with Crippen molar-refractivity contribution in [3.63, 3.8) is 0 Å². The maximum absolute atomic E-state index is 3.57. The topological polar surface area (TPSA) is 12.0 Å². The Morgan fingerprint density at radius 3 is 2.76 bits per heavy atom. The second-order valence-corrected chi connectivity index (χ2v) is 6.60. The smallest absolute Gasteiger partial charge is 0.0208 e. The van der Waals surface area contributed by atoms with Gasteiger partial charge in [0.25, 0.3) is 0 Å². The zero-order chi connectivity index (χ0) is 14.1. The maximum atomic E-state index is 3.57. The van der Waals surface area contributed by atoms with Gasteiger partial charge in [-0.05, 0) is 47.4 Å². The van der Waals surface area contributed by atoms with E-state index in [1.807, 2.05) is 0 Å². The molecule has 108 valence electrons. The van der Waals surface area contributed by atoms with Gasteiger partial charge in [-0.15, -0.1) is 0 Å². The van der Waals surface area contributed by atoms with Crippen LogP contribution in [-0.2, 0) is 13.0 Å². The van der Waals surface area contributed by atoms with Crippen molar-refractivity contribution in [3.05, 3.63) is 70.8 Å². The summed E-state index contributed by atoms with van der Waals surface area (Å²) in [6.07, 6.45) is 5.34. The van der Waals surface area contributed by atoms with Crippen LogP contribution < -0.4 is 5.32 Å². The molecule has 0 saturated heterocycles. The molecule has 0 amide bonds. The van der Waals surface area contributed by atoms with Crippen LogP contribution in [0.25, 0.3) is 0 Å². The fourth-order valence-corrected chi connectivity index (χ4v) is 3.77. The summed E-state index contributed by atoms with van der Waals surface area (Å²) in [5.41, 5.74) is 6.09. The highest BCUT2D eigenvalue weighted by atomic mass is 14.9. The van der Waals surface area contributed by atoms with Crippen molar-refractivity contribution >= 4 is 0 Å². The highest BCUT2D eigenvalue weighted by molar-refractivity contribution is 5.35. The van der Waals surface area contributed by atoms with Crippen LogP contribution in [0.4, 0.5) is 0 Å². The molecule has 21 heavy (non-hydrogen) atoms. The average Bonchev–Trinajstić information content (AvgIpc) is 2.46. The van der Waals surface area contributed by atoms with Gasteiger partial charge < -0.3 is 5.32 Å². The Labute approximate surface area is 127 Å². The highest BCUT2D eigenvalue weighted by Gasteiger charge is 2.22. The molecule has 1 unspecified atom stereocenters. The van der Waals surface area contributed by atoms with Crippen LogP contribution in [0, 0.1) is 0 Å². The molecule has 1 saturated carbocycles. The van der Waals surface area contributed by atoms with E-state index in [2.05, 4.69) is 53.8 Å². The van der Waals surface area contributed by atoms with Gasteiger partial charge in [0.05, 0.1) is 0 Å². The molecule has 1 atom stereocenters. The molecule has 1 N–H and O–H groups in total. The molecule has 2 aromatic carbocycles. The van der Waals surface area contributed by atoms with Gasteiger partial charge in [0.1, 0.15) is 0 Å². The zero-order valence-corrected chi connectivity index (χ0v) is 12.5. The second kappa shape index (κ2) is 5.65. The molecular formula is C20H23N. The Balaban J connectivity index is 1.56. The van der Waals surface area contributed by atoms with Gasteiger partial charge in [0.15, 0.2) is 0 Å². The van der Waals surface area contributed by atoms with Crippen LogP contribution in [0.15, 0.2) is 48.5 Å². The SMILES string of the molecule is c1cc(CC2CNCc3ccccc32)cc(C2CCC2)c1. The monoisotopic (exact) mass is 277 g/mol. The first-order chi connectivity index (χ1) is 10.4. The van der Waals surface area contributed by atoms with Crippen molar-refractivity contribution in [1.29, 1.82) is 0 Å². The first kappa shape index (κ1) is 13.1. The first-order valence-electron chi connectivity index (χ1n) is 8.27. The van der Waals surface area contributed by atoms with E-state index in [1.54, 1.807) is 11.1 Å². The molecule has 0 aromatic heterocycles. The van der Waals surface area contributed by atoms with E-state index < -0.39 is 0 Å². The van der Waals surface area contributed by atoms with Gasteiger partial charge in [-0.2, -0.15) is 0 Å². The van der Waals surface area contributed by atoms with Crippen molar-refractivity contribution < 1.29 is 0 Å². The minimum Gasteiger partial charge on any atom is -0.312 e. The van der Waals surface area contributed by atoms with E-state index in [9.17, 15) is 0 Å². The third kappa shape index (κ3) is 2.63. The number of benzene rings is 2. The van der Waals surface area contributed by atoms with Crippen LogP contribution in [0.2, 0.25) is 0 Å². The van der Waals surface area contributed by atoms with Crippen LogP contribution in [0.1, 0.15) is 53.4 Å². The molecule has 0 spiro atoms.